The van der Waals surface area contributed by atoms with E-state index in [1.54, 1.807) is 12.1 Å². The Labute approximate surface area is 152 Å². The number of carboxylic acids is 1. The minimum atomic E-state index is -4.54. The molecular weight excluding hydrogens is 363 g/mol. The highest BCUT2D eigenvalue weighted by Crippen LogP contribution is 2.30. The number of hydrogen-bond acceptors (Lipinski definition) is 3. The first kappa shape index (κ1) is 18.6. The molecule has 1 aliphatic heterocycles. The predicted octanol–water partition coefficient (Wildman–Crippen LogP) is 3.24. The molecule has 27 heavy (non-hydrogen) atoms. The Morgan fingerprint density at radius 1 is 1.00 bits per heavy atom. The van der Waals surface area contributed by atoms with E-state index < -0.39 is 42.0 Å². The van der Waals surface area contributed by atoms with Crippen molar-refractivity contribution in [1.82, 2.24) is 4.90 Å². The number of halogens is 3. The lowest BCUT2D eigenvalue weighted by atomic mass is 9.97. The fourth-order valence-electron chi connectivity index (χ4n) is 3.01. The zero-order valence-electron chi connectivity index (χ0n) is 13.9. The van der Waals surface area contributed by atoms with E-state index in [1.165, 1.54) is 24.3 Å². The molecule has 2 aromatic carbocycles. The van der Waals surface area contributed by atoms with Crippen LogP contribution >= 0.6 is 0 Å². The van der Waals surface area contributed by atoms with E-state index in [2.05, 4.69) is 0 Å². The van der Waals surface area contributed by atoms with Gasteiger partial charge in [0.15, 0.2) is 0 Å². The number of amides is 2. The molecule has 2 amide bonds. The molecule has 1 atom stereocenters. The highest BCUT2D eigenvalue weighted by molar-refractivity contribution is 6.21. The molecule has 3 rings (SSSR count). The van der Waals surface area contributed by atoms with Gasteiger partial charge in [-0.15, -0.1) is 0 Å². The molecular formula is C19H14F3NO4. The minimum absolute atomic E-state index is 0.161. The SMILES string of the molecule is O=C(O)C(Cc1cccc(C(F)(F)F)c1)CN1C(=O)c2ccccc2C1=O. The Balaban J connectivity index is 1.81. The molecule has 2 aromatic rings. The van der Waals surface area contributed by atoms with Crippen molar-refractivity contribution in [2.45, 2.75) is 12.6 Å². The quantitative estimate of drug-likeness (QED) is 0.812. The first-order chi connectivity index (χ1) is 12.7. The van der Waals surface area contributed by atoms with Gasteiger partial charge in [0.25, 0.3) is 11.8 Å². The zero-order chi connectivity index (χ0) is 19.8. The van der Waals surface area contributed by atoms with Crippen LogP contribution in [-0.4, -0.2) is 34.3 Å². The Kier molecular flexibility index (Phi) is 4.73. The van der Waals surface area contributed by atoms with Crippen LogP contribution in [0.4, 0.5) is 13.2 Å². The van der Waals surface area contributed by atoms with Crippen molar-refractivity contribution in [2.75, 3.05) is 6.54 Å². The second kappa shape index (κ2) is 6.86. The normalized spacial score (nSPS) is 15.0. The topological polar surface area (TPSA) is 74.7 Å². The largest absolute Gasteiger partial charge is 0.481 e. The monoisotopic (exact) mass is 377 g/mol. The summed E-state index contributed by atoms with van der Waals surface area (Å²) in [7, 11) is 0. The molecule has 1 aliphatic rings. The average molecular weight is 377 g/mol. The molecule has 5 nitrogen and oxygen atoms in total. The molecule has 0 radical (unpaired) electrons. The summed E-state index contributed by atoms with van der Waals surface area (Å²) in [6, 6.07) is 10.5. The maximum Gasteiger partial charge on any atom is 0.416 e. The van der Waals surface area contributed by atoms with Crippen LogP contribution in [-0.2, 0) is 17.4 Å². The Morgan fingerprint density at radius 2 is 1.59 bits per heavy atom. The maximum atomic E-state index is 12.8. The summed E-state index contributed by atoms with van der Waals surface area (Å²) in [5, 5.41) is 9.44. The van der Waals surface area contributed by atoms with E-state index in [0.717, 1.165) is 17.0 Å². The lowest BCUT2D eigenvalue weighted by Gasteiger charge is -2.20. The van der Waals surface area contributed by atoms with E-state index in [0.29, 0.717) is 0 Å². The van der Waals surface area contributed by atoms with Gasteiger partial charge in [-0.1, -0.05) is 30.3 Å². The lowest BCUT2D eigenvalue weighted by Crippen LogP contribution is -2.38. The van der Waals surface area contributed by atoms with Crippen molar-refractivity contribution in [3.63, 3.8) is 0 Å². The van der Waals surface area contributed by atoms with Crippen LogP contribution in [0.2, 0.25) is 0 Å². The molecule has 8 heteroatoms. The number of alkyl halides is 3. The third kappa shape index (κ3) is 3.69. The highest BCUT2D eigenvalue weighted by atomic mass is 19.4. The first-order valence-corrected chi connectivity index (χ1v) is 8.02. The highest BCUT2D eigenvalue weighted by Gasteiger charge is 2.38. The van der Waals surface area contributed by atoms with Gasteiger partial charge in [0.1, 0.15) is 0 Å². The van der Waals surface area contributed by atoms with E-state index in [1.807, 2.05) is 0 Å². The van der Waals surface area contributed by atoms with Crippen molar-refractivity contribution >= 4 is 17.8 Å². The van der Waals surface area contributed by atoms with Crippen molar-refractivity contribution in [3.8, 4) is 0 Å². The summed E-state index contributed by atoms with van der Waals surface area (Å²) in [6.45, 7) is -0.419. The van der Waals surface area contributed by atoms with Crippen molar-refractivity contribution < 1.29 is 32.7 Å². The number of carbonyl (C=O) groups excluding carboxylic acids is 2. The number of benzene rings is 2. The van der Waals surface area contributed by atoms with Gasteiger partial charge in [0.05, 0.1) is 22.6 Å². The van der Waals surface area contributed by atoms with E-state index >= 15 is 0 Å². The van der Waals surface area contributed by atoms with Crippen LogP contribution in [0.5, 0.6) is 0 Å². The molecule has 1 unspecified atom stereocenters. The van der Waals surface area contributed by atoms with E-state index in [4.69, 9.17) is 0 Å². The summed E-state index contributed by atoms with van der Waals surface area (Å²) >= 11 is 0. The molecule has 0 fully saturated rings. The number of nitrogens with zero attached hydrogens (tertiary/aromatic N) is 1. The summed E-state index contributed by atoms with van der Waals surface area (Å²) in [6.07, 6.45) is -4.79. The number of rotatable bonds is 5. The molecule has 1 heterocycles. The molecule has 0 aliphatic carbocycles. The number of aliphatic carboxylic acids is 1. The van der Waals surface area contributed by atoms with Crippen molar-refractivity contribution in [2.24, 2.45) is 5.92 Å². The van der Waals surface area contributed by atoms with E-state index in [-0.39, 0.29) is 23.1 Å². The number of fused-ring (bicyclic) bond motifs is 1. The van der Waals surface area contributed by atoms with Crippen LogP contribution < -0.4 is 0 Å². The Hall–Kier alpha value is -3.16. The van der Waals surface area contributed by atoms with Gasteiger partial charge in [0, 0.05) is 6.54 Å². The van der Waals surface area contributed by atoms with Crippen molar-refractivity contribution in [1.29, 1.82) is 0 Å². The number of carbonyl (C=O) groups is 3. The fourth-order valence-corrected chi connectivity index (χ4v) is 3.01. The van der Waals surface area contributed by atoms with Gasteiger partial charge in [-0.05, 0) is 30.2 Å². The second-order valence-corrected chi connectivity index (χ2v) is 6.20. The van der Waals surface area contributed by atoms with Gasteiger partial charge in [-0.2, -0.15) is 13.2 Å². The molecule has 140 valence electrons. The summed E-state index contributed by atoms with van der Waals surface area (Å²) in [4.78, 5) is 37.2. The van der Waals surface area contributed by atoms with Crippen LogP contribution in [0.3, 0.4) is 0 Å². The van der Waals surface area contributed by atoms with Crippen LogP contribution in [0.1, 0.15) is 31.8 Å². The second-order valence-electron chi connectivity index (χ2n) is 6.20. The maximum absolute atomic E-state index is 12.8. The van der Waals surface area contributed by atoms with Gasteiger partial charge >= 0.3 is 12.1 Å². The molecule has 0 aromatic heterocycles. The molecule has 0 bridgehead atoms. The molecule has 0 saturated heterocycles. The van der Waals surface area contributed by atoms with Gasteiger partial charge in [0.2, 0.25) is 0 Å². The zero-order valence-corrected chi connectivity index (χ0v) is 13.9. The molecule has 0 saturated carbocycles. The number of hydrogen-bond donors (Lipinski definition) is 1. The molecule has 0 spiro atoms. The lowest BCUT2D eigenvalue weighted by molar-refractivity contribution is -0.141. The summed E-state index contributed by atoms with van der Waals surface area (Å²) in [5.74, 6) is -3.74. The predicted molar refractivity (Wildman–Crippen MR) is 88.1 cm³/mol. The van der Waals surface area contributed by atoms with Crippen LogP contribution in [0.25, 0.3) is 0 Å². The third-order valence-corrected chi connectivity index (χ3v) is 4.37. The van der Waals surface area contributed by atoms with Gasteiger partial charge in [-0.3, -0.25) is 19.3 Å². The summed E-state index contributed by atoms with van der Waals surface area (Å²) < 4.78 is 38.5. The first-order valence-electron chi connectivity index (χ1n) is 8.02. The Morgan fingerprint density at radius 3 is 2.11 bits per heavy atom. The van der Waals surface area contributed by atoms with Crippen LogP contribution in [0, 0.1) is 5.92 Å². The van der Waals surface area contributed by atoms with Crippen LogP contribution in [0.15, 0.2) is 48.5 Å². The minimum Gasteiger partial charge on any atom is -0.481 e. The van der Waals surface area contributed by atoms with Gasteiger partial charge < -0.3 is 5.11 Å². The summed E-state index contributed by atoms with van der Waals surface area (Å²) in [5.41, 5.74) is -0.352. The standard InChI is InChI=1S/C19H14F3NO4/c20-19(21,22)13-5-3-4-11(9-13)8-12(18(26)27)10-23-16(24)14-6-1-2-7-15(14)17(23)25/h1-7,9,12H,8,10H2,(H,26,27). The smallest absolute Gasteiger partial charge is 0.416 e. The van der Waals surface area contributed by atoms with Gasteiger partial charge in [-0.25, -0.2) is 0 Å². The van der Waals surface area contributed by atoms with Crippen molar-refractivity contribution in [3.05, 3.63) is 70.8 Å². The number of carboxylic acid groups (broad SMARTS) is 1. The fraction of sp³-hybridized carbons (Fsp3) is 0.211. The third-order valence-electron chi connectivity index (χ3n) is 4.37. The van der Waals surface area contributed by atoms with E-state index in [9.17, 15) is 32.7 Å². The average Bonchev–Trinajstić information content (AvgIpc) is 2.86. The number of imide groups is 1. The Bertz CT molecular complexity index is 888. The molecule has 1 N–H and O–H groups in total.